The summed E-state index contributed by atoms with van der Waals surface area (Å²) in [6, 6.07) is 0. The van der Waals surface area contributed by atoms with E-state index in [-0.39, 0.29) is 0 Å². The molecule has 0 amide bonds. The van der Waals surface area contributed by atoms with E-state index in [0.717, 1.165) is 19.8 Å². The van der Waals surface area contributed by atoms with Gasteiger partial charge in [-0.2, -0.15) is 5.10 Å². The lowest BCUT2D eigenvalue weighted by atomic mass is 10.0. The van der Waals surface area contributed by atoms with Crippen molar-refractivity contribution in [1.29, 1.82) is 0 Å². The molecule has 1 aliphatic heterocycles. The van der Waals surface area contributed by atoms with Crippen LogP contribution < -0.4 is 0 Å². The first-order valence-electron chi connectivity index (χ1n) is 4.60. The van der Waals surface area contributed by atoms with Crippen LogP contribution in [0.1, 0.15) is 12.8 Å². The van der Waals surface area contributed by atoms with Crippen molar-refractivity contribution in [2.24, 2.45) is 5.92 Å². The Kier molecular flexibility index (Phi) is 3.21. The van der Waals surface area contributed by atoms with E-state index in [0.29, 0.717) is 5.92 Å². The van der Waals surface area contributed by atoms with E-state index in [9.17, 15) is 0 Å². The smallest absolute Gasteiger partial charge is 0.0623 e. The van der Waals surface area contributed by atoms with E-state index < -0.39 is 0 Å². The average Bonchev–Trinajstić information content (AvgIpc) is 2.53. The molecule has 1 aliphatic rings. The molecule has 72 valence electrons. The van der Waals surface area contributed by atoms with Crippen LogP contribution in [0.25, 0.3) is 0 Å². The molecule has 3 nitrogen and oxygen atoms in total. The molecule has 1 aromatic heterocycles. The molecule has 1 atom stereocenters. The zero-order chi connectivity index (χ0) is 9.10. The van der Waals surface area contributed by atoms with Crippen LogP contribution in [0.15, 0.2) is 12.4 Å². The van der Waals surface area contributed by atoms with Gasteiger partial charge in [-0.3, -0.25) is 4.68 Å². The van der Waals surface area contributed by atoms with Crippen LogP contribution in [0.5, 0.6) is 0 Å². The summed E-state index contributed by atoms with van der Waals surface area (Å²) in [6.07, 6.45) is 6.44. The third-order valence-electron chi connectivity index (χ3n) is 2.30. The van der Waals surface area contributed by atoms with Gasteiger partial charge in [0.25, 0.3) is 0 Å². The van der Waals surface area contributed by atoms with E-state index in [2.05, 4.69) is 33.9 Å². The SMILES string of the molecule is Ic1cnn(C[C@H]2CCCOC2)c1. The highest BCUT2D eigenvalue weighted by atomic mass is 127. The van der Waals surface area contributed by atoms with Crippen molar-refractivity contribution >= 4 is 22.6 Å². The number of hydrogen-bond donors (Lipinski definition) is 0. The predicted molar refractivity (Wildman–Crippen MR) is 58.5 cm³/mol. The first-order valence-corrected chi connectivity index (χ1v) is 5.68. The lowest BCUT2D eigenvalue weighted by Crippen LogP contribution is -2.22. The second kappa shape index (κ2) is 4.41. The Morgan fingerprint density at radius 3 is 3.23 bits per heavy atom. The Morgan fingerprint density at radius 1 is 1.69 bits per heavy atom. The standard InChI is InChI=1S/C9H13IN2O/c10-9-4-11-12(6-9)5-8-2-1-3-13-7-8/h4,6,8H,1-3,5,7H2/t8-/m1/s1. The van der Waals surface area contributed by atoms with Gasteiger partial charge in [0.05, 0.1) is 16.4 Å². The van der Waals surface area contributed by atoms with Crippen LogP contribution in [0.3, 0.4) is 0 Å². The molecule has 13 heavy (non-hydrogen) atoms. The first kappa shape index (κ1) is 9.45. The third kappa shape index (κ3) is 2.67. The largest absolute Gasteiger partial charge is 0.381 e. The van der Waals surface area contributed by atoms with Crippen molar-refractivity contribution in [1.82, 2.24) is 9.78 Å². The Bertz CT molecular complexity index is 268. The Morgan fingerprint density at radius 2 is 2.62 bits per heavy atom. The molecular weight excluding hydrogens is 279 g/mol. The highest BCUT2D eigenvalue weighted by molar-refractivity contribution is 14.1. The maximum atomic E-state index is 5.42. The second-order valence-corrected chi connectivity index (χ2v) is 4.71. The molecule has 2 heterocycles. The third-order valence-corrected chi connectivity index (χ3v) is 2.86. The number of aromatic nitrogens is 2. The first-order chi connectivity index (χ1) is 6.34. The lowest BCUT2D eigenvalue weighted by molar-refractivity contribution is 0.0470. The van der Waals surface area contributed by atoms with Gasteiger partial charge in [0.1, 0.15) is 0 Å². The van der Waals surface area contributed by atoms with Crippen LogP contribution in [0, 0.1) is 9.49 Å². The minimum Gasteiger partial charge on any atom is -0.381 e. The predicted octanol–water partition coefficient (Wildman–Crippen LogP) is 1.91. The summed E-state index contributed by atoms with van der Waals surface area (Å²) in [4.78, 5) is 0. The lowest BCUT2D eigenvalue weighted by Gasteiger charge is -2.21. The summed E-state index contributed by atoms with van der Waals surface area (Å²) in [6.45, 7) is 2.84. The van der Waals surface area contributed by atoms with E-state index in [1.807, 2.05) is 10.9 Å². The van der Waals surface area contributed by atoms with E-state index in [1.165, 1.54) is 16.4 Å². The average molecular weight is 292 g/mol. The minimum absolute atomic E-state index is 0.657. The van der Waals surface area contributed by atoms with Gasteiger partial charge in [-0.25, -0.2) is 0 Å². The van der Waals surface area contributed by atoms with E-state index in [4.69, 9.17) is 4.74 Å². The van der Waals surface area contributed by atoms with Crippen molar-refractivity contribution in [3.8, 4) is 0 Å². The topological polar surface area (TPSA) is 27.1 Å². The van der Waals surface area contributed by atoms with Gasteiger partial charge in [-0.1, -0.05) is 0 Å². The number of rotatable bonds is 2. The van der Waals surface area contributed by atoms with Crippen LogP contribution in [0.2, 0.25) is 0 Å². The zero-order valence-corrected chi connectivity index (χ0v) is 9.61. The Balaban J connectivity index is 1.89. The maximum Gasteiger partial charge on any atom is 0.0623 e. The molecule has 2 rings (SSSR count). The molecule has 1 aromatic rings. The molecule has 1 saturated heterocycles. The van der Waals surface area contributed by atoms with Gasteiger partial charge >= 0.3 is 0 Å². The molecule has 0 radical (unpaired) electrons. The zero-order valence-electron chi connectivity index (χ0n) is 7.45. The maximum absolute atomic E-state index is 5.42. The summed E-state index contributed by atoms with van der Waals surface area (Å²) in [5.41, 5.74) is 0. The summed E-state index contributed by atoms with van der Waals surface area (Å²) in [5.74, 6) is 0.657. The highest BCUT2D eigenvalue weighted by Crippen LogP contribution is 2.15. The van der Waals surface area contributed by atoms with Gasteiger partial charge in [0.15, 0.2) is 0 Å². The van der Waals surface area contributed by atoms with Crippen molar-refractivity contribution in [2.45, 2.75) is 19.4 Å². The van der Waals surface area contributed by atoms with Gasteiger partial charge in [-0.15, -0.1) is 0 Å². The quantitative estimate of drug-likeness (QED) is 0.779. The van der Waals surface area contributed by atoms with Crippen molar-refractivity contribution in [3.05, 3.63) is 16.0 Å². The van der Waals surface area contributed by atoms with Gasteiger partial charge in [0.2, 0.25) is 0 Å². The summed E-state index contributed by atoms with van der Waals surface area (Å²) >= 11 is 2.28. The van der Waals surface area contributed by atoms with Gasteiger partial charge in [-0.05, 0) is 35.4 Å². The molecule has 0 unspecified atom stereocenters. The second-order valence-electron chi connectivity index (χ2n) is 3.46. The van der Waals surface area contributed by atoms with Crippen LogP contribution >= 0.6 is 22.6 Å². The number of halogens is 1. The number of ether oxygens (including phenoxy) is 1. The number of nitrogens with zero attached hydrogens (tertiary/aromatic N) is 2. The summed E-state index contributed by atoms with van der Waals surface area (Å²) in [5, 5.41) is 4.26. The monoisotopic (exact) mass is 292 g/mol. The van der Waals surface area contributed by atoms with Gasteiger partial charge in [0, 0.05) is 25.3 Å². The van der Waals surface area contributed by atoms with Crippen molar-refractivity contribution < 1.29 is 4.74 Å². The van der Waals surface area contributed by atoms with Crippen LogP contribution in [0.4, 0.5) is 0 Å². The minimum atomic E-state index is 0.657. The normalized spacial score (nSPS) is 23.3. The Hall–Kier alpha value is -0.100. The molecule has 0 spiro atoms. The fourth-order valence-corrected chi connectivity index (χ4v) is 2.10. The molecule has 0 aliphatic carbocycles. The van der Waals surface area contributed by atoms with Crippen molar-refractivity contribution in [3.63, 3.8) is 0 Å². The molecule has 4 heteroatoms. The molecule has 0 aromatic carbocycles. The molecule has 0 saturated carbocycles. The summed E-state index contributed by atoms with van der Waals surface area (Å²) < 4.78 is 8.64. The van der Waals surface area contributed by atoms with Gasteiger partial charge < -0.3 is 4.74 Å². The van der Waals surface area contributed by atoms with Crippen LogP contribution in [-0.4, -0.2) is 23.0 Å². The summed E-state index contributed by atoms with van der Waals surface area (Å²) in [7, 11) is 0. The number of hydrogen-bond acceptors (Lipinski definition) is 2. The van der Waals surface area contributed by atoms with E-state index in [1.54, 1.807) is 0 Å². The van der Waals surface area contributed by atoms with Crippen molar-refractivity contribution in [2.75, 3.05) is 13.2 Å². The molecule has 1 fully saturated rings. The fourth-order valence-electron chi connectivity index (χ4n) is 1.65. The fraction of sp³-hybridized carbons (Fsp3) is 0.667. The molecular formula is C9H13IN2O. The van der Waals surface area contributed by atoms with E-state index >= 15 is 0 Å². The molecule has 0 bridgehead atoms. The van der Waals surface area contributed by atoms with Crippen LogP contribution in [-0.2, 0) is 11.3 Å². The Labute approximate surface area is 91.6 Å². The molecule has 0 N–H and O–H groups in total. The highest BCUT2D eigenvalue weighted by Gasteiger charge is 2.14.